The molecule has 0 bridgehead atoms. The quantitative estimate of drug-likeness (QED) is 0.325. The van der Waals surface area contributed by atoms with E-state index in [0.717, 1.165) is 35.6 Å². The monoisotopic (exact) mass is 495 g/mol. The molecule has 0 radical (unpaired) electrons. The summed E-state index contributed by atoms with van der Waals surface area (Å²) in [6.45, 7) is 0. The van der Waals surface area contributed by atoms with Gasteiger partial charge < -0.3 is 9.15 Å². The molecule has 0 aliphatic rings. The first-order valence-electron chi connectivity index (χ1n) is 9.88. The van der Waals surface area contributed by atoms with Crippen molar-refractivity contribution in [3.63, 3.8) is 0 Å². The maximum Gasteiger partial charge on any atom is 0.434 e. The highest BCUT2D eigenvalue weighted by atomic mass is 32.2. The zero-order valence-electron chi connectivity index (χ0n) is 17.2. The highest BCUT2D eigenvalue weighted by Crippen LogP contribution is 2.38. The molecule has 170 valence electrons. The number of para-hydroxylation sites is 1. The van der Waals surface area contributed by atoms with Crippen molar-refractivity contribution < 1.29 is 26.8 Å². The first-order chi connectivity index (χ1) is 16.3. The second-order valence-electron chi connectivity index (χ2n) is 7.13. The van der Waals surface area contributed by atoms with Gasteiger partial charge in [-0.3, -0.25) is 0 Å². The van der Waals surface area contributed by atoms with E-state index in [1.54, 1.807) is 42.5 Å². The summed E-state index contributed by atoms with van der Waals surface area (Å²) in [5, 5.41) is 0.785. The summed E-state index contributed by atoms with van der Waals surface area (Å²) in [6.07, 6.45) is -1.20. The summed E-state index contributed by atoms with van der Waals surface area (Å²) in [5.41, 5.74) is 0.246. The molecule has 0 saturated carbocycles. The number of fused-ring (bicyclic) bond motifs is 3. The van der Waals surface area contributed by atoms with Gasteiger partial charge in [-0.1, -0.05) is 53.8 Å². The number of anilines is 1. The Hall–Kier alpha value is -4.02. The molecule has 7 nitrogen and oxygen atoms in total. The Balaban J connectivity index is 1.77. The number of hydrogen-bond donors (Lipinski definition) is 0. The predicted molar refractivity (Wildman–Crippen MR) is 126 cm³/mol. The van der Waals surface area contributed by atoms with Gasteiger partial charge in [0.25, 0.3) is 10.0 Å². The Labute approximate surface area is 196 Å². The number of amides is 1. The van der Waals surface area contributed by atoms with Crippen LogP contribution in [0.2, 0.25) is 0 Å². The van der Waals surface area contributed by atoms with Crippen molar-refractivity contribution in [2.24, 2.45) is 0 Å². The van der Waals surface area contributed by atoms with E-state index in [4.69, 9.17) is 9.15 Å². The van der Waals surface area contributed by atoms with Crippen LogP contribution in [0.5, 0.6) is 5.75 Å². The van der Waals surface area contributed by atoms with Crippen LogP contribution >= 0.6 is 11.3 Å². The van der Waals surface area contributed by atoms with Gasteiger partial charge in [0.15, 0.2) is 5.58 Å². The average molecular weight is 496 g/mol. The molecule has 5 aromatic rings. The van der Waals surface area contributed by atoms with Gasteiger partial charge in [0.2, 0.25) is 0 Å². The molecule has 34 heavy (non-hydrogen) atoms. The molecule has 5 rings (SSSR count). The number of rotatable bonds is 4. The number of halogens is 1. The minimum Gasteiger partial charge on any atom is -0.413 e. The number of hydrogen-bond acceptors (Lipinski definition) is 7. The Morgan fingerprint density at radius 3 is 2.26 bits per heavy atom. The smallest absolute Gasteiger partial charge is 0.413 e. The SMILES string of the molecule is O=C(Oc1ccccc1)N(c1cc2sc(=O)oc2c2ccccc12)S(=O)(=O)c1ccc(F)cc1. The number of carbonyl (C=O) groups is 1. The lowest BCUT2D eigenvalue weighted by Gasteiger charge is -2.23. The Morgan fingerprint density at radius 2 is 1.56 bits per heavy atom. The third-order valence-electron chi connectivity index (χ3n) is 5.00. The average Bonchev–Trinajstić information content (AvgIpc) is 3.20. The second-order valence-corrected chi connectivity index (χ2v) is 9.89. The van der Waals surface area contributed by atoms with Crippen molar-refractivity contribution >= 4 is 54.2 Å². The fourth-order valence-electron chi connectivity index (χ4n) is 3.52. The lowest BCUT2D eigenvalue weighted by Crippen LogP contribution is -2.39. The van der Waals surface area contributed by atoms with E-state index in [1.807, 2.05) is 0 Å². The molecule has 10 heteroatoms. The molecular weight excluding hydrogens is 481 g/mol. The van der Waals surface area contributed by atoms with Gasteiger partial charge in [0.1, 0.15) is 11.6 Å². The lowest BCUT2D eigenvalue weighted by molar-refractivity contribution is 0.211. The molecule has 0 saturated heterocycles. The van der Waals surface area contributed by atoms with Crippen molar-refractivity contribution in [2.45, 2.75) is 4.90 Å². The molecule has 1 aromatic heterocycles. The summed E-state index contributed by atoms with van der Waals surface area (Å²) in [6, 6.07) is 20.1. The van der Waals surface area contributed by atoms with Crippen molar-refractivity contribution in [3.05, 3.63) is 100 Å². The van der Waals surface area contributed by atoms with Crippen molar-refractivity contribution in [3.8, 4) is 5.75 Å². The number of sulfonamides is 1. The molecule has 1 heterocycles. The van der Waals surface area contributed by atoms with Crippen LogP contribution in [0.1, 0.15) is 0 Å². The van der Waals surface area contributed by atoms with Crippen LogP contribution in [0.25, 0.3) is 21.1 Å². The summed E-state index contributed by atoms with van der Waals surface area (Å²) in [7, 11) is -4.56. The first-order valence-corrected chi connectivity index (χ1v) is 12.1. The van der Waals surface area contributed by atoms with E-state index in [1.165, 1.54) is 18.2 Å². The van der Waals surface area contributed by atoms with Crippen LogP contribution in [0.3, 0.4) is 0 Å². The molecule has 1 amide bonds. The fourth-order valence-corrected chi connectivity index (χ4v) is 5.57. The van der Waals surface area contributed by atoms with Gasteiger partial charge in [-0.05, 0) is 42.5 Å². The molecular formula is C24H14FNO6S2. The van der Waals surface area contributed by atoms with E-state index < -0.39 is 26.9 Å². The topological polar surface area (TPSA) is 93.9 Å². The summed E-state index contributed by atoms with van der Waals surface area (Å²) < 4.78 is 52.4. The highest BCUT2D eigenvalue weighted by molar-refractivity contribution is 7.93. The lowest BCUT2D eigenvalue weighted by atomic mass is 10.1. The molecule has 0 unspecified atom stereocenters. The molecule has 0 spiro atoms. The van der Waals surface area contributed by atoms with Crippen LogP contribution < -0.4 is 14.0 Å². The van der Waals surface area contributed by atoms with Crippen LogP contribution in [-0.2, 0) is 10.0 Å². The zero-order chi connectivity index (χ0) is 23.9. The minimum absolute atomic E-state index is 0.0367. The van der Waals surface area contributed by atoms with Crippen LogP contribution in [-0.4, -0.2) is 14.5 Å². The second kappa shape index (κ2) is 8.40. The van der Waals surface area contributed by atoms with Gasteiger partial charge in [-0.15, -0.1) is 0 Å². The largest absolute Gasteiger partial charge is 0.434 e. The highest BCUT2D eigenvalue weighted by Gasteiger charge is 2.35. The summed E-state index contributed by atoms with van der Waals surface area (Å²) in [5.74, 6) is -0.502. The normalized spacial score (nSPS) is 11.6. The molecule has 4 aromatic carbocycles. The van der Waals surface area contributed by atoms with Gasteiger partial charge in [0.05, 0.1) is 15.3 Å². The third-order valence-corrected chi connectivity index (χ3v) is 7.47. The molecule has 0 aliphatic heterocycles. The molecule has 0 atom stereocenters. The maximum atomic E-state index is 13.7. The van der Waals surface area contributed by atoms with Crippen LogP contribution in [0.4, 0.5) is 14.9 Å². The standard InChI is InChI=1S/C24H14FNO6S2/c25-15-10-12-17(13-11-15)34(29,30)26(23(27)31-16-6-2-1-3-7-16)20-14-21-22(32-24(28)33-21)19-9-5-4-8-18(19)20/h1-14H. The van der Waals surface area contributed by atoms with Crippen molar-refractivity contribution in [1.29, 1.82) is 0 Å². The van der Waals surface area contributed by atoms with E-state index >= 15 is 0 Å². The van der Waals surface area contributed by atoms with E-state index in [0.29, 0.717) is 19.8 Å². The number of carbonyl (C=O) groups excluding carboxylic acids is 1. The number of nitrogens with zero attached hydrogens (tertiary/aromatic N) is 1. The van der Waals surface area contributed by atoms with E-state index in [-0.39, 0.29) is 21.9 Å². The van der Waals surface area contributed by atoms with Gasteiger partial charge in [-0.2, -0.15) is 4.31 Å². The Kier molecular flexibility index (Phi) is 5.39. The zero-order valence-corrected chi connectivity index (χ0v) is 18.8. The van der Waals surface area contributed by atoms with Gasteiger partial charge in [0, 0.05) is 10.8 Å². The first kappa shape index (κ1) is 21.8. The minimum atomic E-state index is -4.56. The maximum absolute atomic E-state index is 13.7. The predicted octanol–water partition coefficient (Wildman–Crippen LogP) is 5.54. The van der Waals surface area contributed by atoms with E-state index in [2.05, 4.69) is 0 Å². The van der Waals surface area contributed by atoms with Crippen molar-refractivity contribution in [2.75, 3.05) is 4.31 Å². The molecule has 0 aliphatic carbocycles. The third kappa shape index (κ3) is 3.82. The Bertz CT molecular complexity index is 1690. The Morgan fingerprint density at radius 1 is 0.912 bits per heavy atom. The summed E-state index contributed by atoms with van der Waals surface area (Å²) in [4.78, 5) is 24.4. The van der Waals surface area contributed by atoms with Gasteiger partial charge >= 0.3 is 11.0 Å². The van der Waals surface area contributed by atoms with Crippen LogP contribution in [0.15, 0.2) is 99.0 Å². The van der Waals surface area contributed by atoms with Gasteiger partial charge in [-0.25, -0.2) is 22.4 Å². The van der Waals surface area contributed by atoms with E-state index in [9.17, 15) is 22.4 Å². The number of ether oxygens (including phenoxy) is 1. The van der Waals surface area contributed by atoms with Crippen molar-refractivity contribution in [1.82, 2.24) is 0 Å². The number of benzene rings is 4. The summed E-state index contributed by atoms with van der Waals surface area (Å²) >= 11 is 0.777. The van der Waals surface area contributed by atoms with Crippen LogP contribution in [0, 0.1) is 5.82 Å². The molecule has 0 fully saturated rings. The molecule has 0 N–H and O–H groups in total. The fraction of sp³-hybridized carbons (Fsp3) is 0.